The van der Waals surface area contributed by atoms with Gasteiger partial charge in [0.25, 0.3) is 0 Å². The van der Waals surface area contributed by atoms with Crippen molar-refractivity contribution in [3.8, 4) is 0 Å². The van der Waals surface area contributed by atoms with Crippen LogP contribution >= 0.6 is 0 Å². The Kier molecular flexibility index (Phi) is 7.51. The quantitative estimate of drug-likeness (QED) is 0.479. The van der Waals surface area contributed by atoms with Gasteiger partial charge in [-0.2, -0.15) is 5.10 Å². The van der Waals surface area contributed by atoms with Crippen LogP contribution in [-0.2, 0) is 0 Å². The smallest absolute Gasteiger partial charge is 0.108 e. The second kappa shape index (κ2) is 10.1. The Balaban J connectivity index is 1.90. The third kappa shape index (κ3) is 6.14. The molecule has 0 unspecified atom stereocenters. The lowest BCUT2D eigenvalue weighted by Crippen LogP contribution is -2.72. The maximum absolute atomic E-state index is 4.47. The van der Waals surface area contributed by atoms with E-state index in [1.807, 2.05) is 69.3 Å². The third-order valence-electron chi connectivity index (χ3n) is 3.86. The van der Waals surface area contributed by atoms with E-state index in [9.17, 15) is 0 Å². The van der Waals surface area contributed by atoms with Crippen LogP contribution in [0, 0.1) is 0 Å². The minimum Gasteiger partial charge on any atom is -0.388 e. The van der Waals surface area contributed by atoms with Crippen LogP contribution in [0.4, 0.5) is 22.7 Å². The van der Waals surface area contributed by atoms with E-state index in [1.54, 1.807) is 0 Å². The highest BCUT2D eigenvalue weighted by Gasteiger charge is 2.00. The van der Waals surface area contributed by atoms with Crippen molar-refractivity contribution in [1.29, 1.82) is 0 Å². The molecular formula is C20H29N6+. The Hall–Kier alpha value is -2.99. The zero-order chi connectivity index (χ0) is 18.8. The summed E-state index contributed by atoms with van der Waals surface area (Å²) in [7, 11) is 7.89. The number of hydrogen-bond acceptors (Lipinski definition) is 5. The summed E-state index contributed by atoms with van der Waals surface area (Å²) in [6.45, 7) is 0.761. The number of quaternary nitrogens is 1. The van der Waals surface area contributed by atoms with Crippen molar-refractivity contribution in [2.24, 2.45) is 5.10 Å². The Bertz CT molecular complexity index is 706. The number of nitrogens with zero attached hydrogens (tertiary/aromatic N) is 3. The molecule has 2 rings (SSSR count). The Morgan fingerprint density at radius 1 is 0.962 bits per heavy atom. The molecule has 2 aromatic carbocycles. The molecule has 6 heteroatoms. The maximum Gasteiger partial charge on any atom is 0.108 e. The van der Waals surface area contributed by atoms with E-state index >= 15 is 0 Å². The zero-order valence-corrected chi connectivity index (χ0v) is 16.0. The summed E-state index contributed by atoms with van der Waals surface area (Å²) in [5.74, 6) is 0. The highest BCUT2D eigenvalue weighted by molar-refractivity contribution is 5.66. The lowest BCUT2D eigenvalue weighted by molar-refractivity contribution is -0.557. The number of benzene rings is 2. The molecule has 0 aliphatic rings. The highest BCUT2D eigenvalue weighted by Crippen LogP contribution is 2.21. The summed E-state index contributed by atoms with van der Waals surface area (Å²) in [5.41, 5.74) is 4.24. The van der Waals surface area contributed by atoms with Crippen LogP contribution in [-0.4, -0.2) is 45.8 Å². The molecule has 0 amide bonds. The zero-order valence-electron chi connectivity index (χ0n) is 16.0. The molecule has 26 heavy (non-hydrogen) atoms. The van der Waals surface area contributed by atoms with E-state index in [1.165, 1.54) is 0 Å². The average Bonchev–Trinajstić information content (AvgIpc) is 2.67. The summed E-state index contributed by atoms with van der Waals surface area (Å²) in [4.78, 5) is 2.07. The highest BCUT2D eigenvalue weighted by atomic mass is 15.4. The third-order valence-corrected chi connectivity index (χ3v) is 3.86. The van der Waals surface area contributed by atoms with Crippen molar-refractivity contribution in [2.75, 3.05) is 50.4 Å². The molecule has 0 radical (unpaired) electrons. The van der Waals surface area contributed by atoms with E-state index in [0.29, 0.717) is 0 Å². The number of hydrazone groups is 1. The van der Waals surface area contributed by atoms with Crippen LogP contribution in [0.15, 0.2) is 66.0 Å². The van der Waals surface area contributed by atoms with Crippen molar-refractivity contribution in [3.05, 3.63) is 60.9 Å². The lowest BCUT2D eigenvalue weighted by atomic mass is 10.2. The van der Waals surface area contributed by atoms with Crippen LogP contribution in [0.25, 0.3) is 0 Å². The molecule has 0 bridgehead atoms. The van der Waals surface area contributed by atoms with Crippen molar-refractivity contribution < 1.29 is 5.32 Å². The molecule has 0 saturated heterocycles. The summed E-state index contributed by atoms with van der Waals surface area (Å²) in [6.07, 6.45) is 5.93. The number of rotatable bonds is 9. The van der Waals surface area contributed by atoms with Crippen molar-refractivity contribution in [3.63, 3.8) is 0 Å². The Labute approximate surface area is 156 Å². The van der Waals surface area contributed by atoms with Gasteiger partial charge in [0, 0.05) is 44.4 Å². The van der Waals surface area contributed by atoms with Crippen molar-refractivity contribution >= 4 is 29.0 Å². The number of nitrogens with one attached hydrogen (secondary N) is 2. The summed E-state index contributed by atoms with van der Waals surface area (Å²) < 4.78 is 0. The van der Waals surface area contributed by atoms with Crippen LogP contribution < -0.4 is 21.0 Å². The second-order valence-electron chi connectivity index (χ2n) is 5.94. The van der Waals surface area contributed by atoms with Gasteiger partial charge in [-0.15, -0.1) is 0 Å². The molecule has 0 fully saturated rings. The monoisotopic (exact) mass is 353 g/mol. The van der Waals surface area contributed by atoms with Crippen LogP contribution in [0.5, 0.6) is 0 Å². The van der Waals surface area contributed by atoms with Gasteiger partial charge in [0.05, 0.1) is 25.5 Å². The fraction of sp³-hybridized carbons (Fsp3) is 0.250. The first-order valence-corrected chi connectivity index (χ1v) is 8.70. The molecule has 6 nitrogen and oxygen atoms in total. The van der Waals surface area contributed by atoms with Gasteiger partial charge in [0.1, 0.15) is 6.20 Å². The van der Waals surface area contributed by atoms with E-state index in [-0.39, 0.29) is 0 Å². The summed E-state index contributed by atoms with van der Waals surface area (Å²) in [5, 5.41) is 14.9. The summed E-state index contributed by atoms with van der Waals surface area (Å²) >= 11 is 0. The molecule has 0 aliphatic carbocycles. The topological polar surface area (TPSA) is 59.5 Å². The van der Waals surface area contributed by atoms with E-state index < -0.39 is 0 Å². The van der Waals surface area contributed by atoms with Crippen molar-refractivity contribution in [2.45, 2.75) is 0 Å². The van der Waals surface area contributed by atoms with Gasteiger partial charge in [-0.25, -0.2) is 0 Å². The maximum atomic E-state index is 4.47. The van der Waals surface area contributed by atoms with Gasteiger partial charge in [0.15, 0.2) is 0 Å². The largest absolute Gasteiger partial charge is 0.388 e. The normalized spacial score (nSPS) is 11.1. The molecule has 2 aromatic rings. The predicted molar refractivity (Wildman–Crippen MR) is 112 cm³/mol. The predicted octanol–water partition coefficient (Wildman–Crippen LogP) is 2.49. The molecule has 4 N–H and O–H groups in total. The molecule has 138 valence electrons. The number of hydrogen-bond donors (Lipinski definition) is 3. The molecule has 0 heterocycles. The summed E-state index contributed by atoms with van der Waals surface area (Å²) in [6, 6.07) is 16.4. The first-order chi connectivity index (χ1) is 12.6. The standard InChI is InChI=1S/C20H28N6/c1-21-13-15-25(3)16-14-23-26(4)20-11-9-19(10-12-20)24-18-7-5-17(22-2)6-8-18/h5-15,21-22,24H,16H2,1-4H3/p+1/b15-13-,23-14+. The van der Waals surface area contributed by atoms with E-state index in [0.717, 1.165) is 29.3 Å². The second-order valence-corrected chi connectivity index (χ2v) is 5.94. The molecule has 0 atom stereocenters. The van der Waals surface area contributed by atoms with Crippen LogP contribution in [0.2, 0.25) is 0 Å². The fourth-order valence-corrected chi connectivity index (χ4v) is 2.30. The lowest BCUT2D eigenvalue weighted by Gasteiger charge is -2.15. The van der Waals surface area contributed by atoms with Gasteiger partial charge in [-0.1, -0.05) is 0 Å². The minimum absolute atomic E-state index is 0.761. The van der Waals surface area contributed by atoms with Gasteiger partial charge in [-0.05, 0) is 48.5 Å². The number of anilines is 4. The Morgan fingerprint density at radius 3 is 2.12 bits per heavy atom. The fourth-order valence-electron chi connectivity index (χ4n) is 2.30. The average molecular weight is 353 g/mol. The van der Waals surface area contributed by atoms with Crippen LogP contribution in [0.3, 0.4) is 0 Å². The number of nitrogens with two attached hydrogens (primary N) is 1. The first-order valence-electron chi connectivity index (χ1n) is 8.70. The van der Waals surface area contributed by atoms with Gasteiger partial charge in [0.2, 0.25) is 0 Å². The first kappa shape index (κ1) is 19.3. The minimum atomic E-state index is 0.761. The van der Waals surface area contributed by atoms with Gasteiger partial charge >= 0.3 is 0 Å². The molecule has 0 saturated carbocycles. The molecule has 0 aliphatic heterocycles. The Morgan fingerprint density at radius 2 is 1.54 bits per heavy atom. The van der Waals surface area contributed by atoms with Gasteiger partial charge in [-0.3, -0.25) is 5.01 Å². The van der Waals surface area contributed by atoms with E-state index in [2.05, 4.69) is 57.0 Å². The van der Waals surface area contributed by atoms with Gasteiger partial charge < -0.3 is 20.9 Å². The van der Waals surface area contributed by atoms with Crippen molar-refractivity contribution in [1.82, 2.24) is 4.90 Å². The molecule has 0 aromatic heterocycles. The van der Waals surface area contributed by atoms with E-state index in [4.69, 9.17) is 0 Å². The SMILES string of the molecule is CNc1ccc(Nc2ccc(N(C)/N=C/CN(C)/C=C\[NH2+]C)cc2)cc1. The van der Waals surface area contributed by atoms with Crippen LogP contribution in [0.1, 0.15) is 0 Å². The molecular weight excluding hydrogens is 324 g/mol. The molecule has 0 spiro atoms.